The number of halogens is 2. The monoisotopic (exact) mass is 336 g/mol. The molecule has 20 heavy (non-hydrogen) atoms. The average molecular weight is 337 g/mol. The van der Waals surface area contributed by atoms with Crippen LogP contribution in [-0.4, -0.2) is 38.2 Å². The Morgan fingerprint density at radius 3 is 2.85 bits per heavy atom. The minimum absolute atomic E-state index is 0.347. The molecule has 1 N–H and O–H groups in total. The van der Waals surface area contributed by atoms with Crippen molar-refractivity contribution in [1.82, 2.24) is 9.62 Å². The fourth-order valence-electron chi connectivity index (χ4n) is 2.42. The zero-order valence-electron chi connectivity index (χ0n) is 11.3. The Balaban J connectivity index is 2.02. The van der Waals surface area contributed by atoms with Gasteiger partial charge in [0.05, 0.1) is 15.3 Å². The van der Waals surface area contributed by atoms with Crippen molar-refractivity contribution in [3.63, 3.8) is 0 Å². The van der Waals surface area contributed by atoms with Crippen LogP contribution in [0.4, 0.5) is 0 Å². The third-order valence-corrected chi connectivity index (χ3v) is 6.25. The van der Waals surface area contributed by atoms with E-state index in [0.29, 0.717) is 36.1 Å². The molecule has 1 atom stereocenters. The highest BCUT2D eigenvalue weighted by Crippen LogP contribution is 2.28. The first-order valence-corrected chi connectivity index (χ1v) is 8.88. The molecule has 0 aromatic heterocycles. The molecule has 1 unspecified atom stereocenters. The molecule has 0 spiro atoms. The van der Waals surface area contributed by atoms with Gasteiger partial charge in [0.25, 0.3) is 0 Å². The van der Waals surface area contributed by atoms with Gasteiger partial charge in [0.15, 0.2) is 0 Å². The van der Waals surface area contributed by atoms with E-state index in [1.807, 2.05) is 12.1 Å². The van der Waals surface area contributed by atoms with Gasteiger partial charge in [-0.05, 0) is 24.6 Å². The van der Waals surface area contributed by atoms with Gasteiger partial charge in [0, 0.05) is 19.6 Å². The summed E-state index contributed by atoms with van der Waals surface area (Å²) in [7, 11) is -3.20. The lowest BCUT2D eigenvalue weighted by atomic mass is 10.2. The van der Waals surface area contributed by atoms with Gasteiger partial charge in [-0.15, -0.1) is 0 Å². The minimum Gasteiger partial charge on any atom is -0.298 e. The van der Waals surface area contributed by atoms with Crippen molar-refractivity contribution in [2.24, 2.45) is 0 Å². The van der Waals surface area contributed by atoms with Crippen LogP contribution in [-0.2, 0) is 16.6 Å². The molecular formula is C13H18Cl2N2O2S. The Labute approximate surface area is 130 Å². The topological polar surface area (TPSA) is 49.4 Å². The molecule has 1 saturated heterocycles. The number of benzene rings is 1. The molecule has 0 saturated carbocycles. The second-order valence-corrected chi connectivity index (χ2v) is 7.73. The predicted molar refractivity (Wildman–Crippen MR) is 82.7 cm³/mol. The largest absolute Gasteiger partial charge is 0.298 e. The number of likely N-dealkylation sites (tertiary alicyclic amines) is 1. The number of nitrogens with zero attached hydrogens (tertiary/aromatic N) is 1. The second kappa shape index (κ2) is 6.62. The summed E-state index contributed by atoms with van der Waals surface area (Å²) in [6.45, 7) is 4.11. The molecule has 4 nitrogen and oxygen atoms in total. The van der Waals surface area contributed by atoms with E-state index in [0.717, 1.165) is 12.1 Å². The van der Waals surface area contributed by atoms with Crippen LogP contribution in [0.25, 0.3) is 0 Å². The zero-order chi connectivity index (χ0) is 14.8. The highest BCUT2D eigenvalue weighted by atomic mass is 35.5. The van der Waals surface area contributed by atoms with E-state index >= 15 is 0 Å². The summed E-state index contributed by atoms with van der Waals surface area (Å²) in [6, 6.07) is 5.52. The first kappa shape index (κ1) is 16.0. The molecular weight excluding hydrogens is 319 g/mol. The van der Waals surface area contributed by atoms with Crippen LogP contribution in [0.15, 0.2) is 18.2 Å². The molecule has 0 radical (unpaired) electrons. The van der Waals surface area contributed by atoms with E-state index in [9.17, 15) is 8.42 Å². The van der Waals surface area contributed by atoms with Crippen LogP contribution >= 0.6 is 23.2 Å². The number of hydrogen-bond donors (Lipinski definition) is 1. The summed E-state index contributed by atoms with van der Waals surface area (Å²) in [6.07, 6.45) is 0.646. The van der Waals surface area contributed by atoms with E-state index in [1.165, 1.54) is 0 Å². The maximum absolute atomic E-state index is 12.0. The molecule has 0 amide bonds. The van der Waals surface area contributed by atoms with Crippen molar-refractivity contribution < 1.29 is 8.42 Å². The number of sulfonamides is 1. The van der Waals surface area contributed by atoms with Crippen molar-refractivity contribution in [3.8, 4) is 0 Å². The van der Waals surface area contributed by atoms with E-state index in [1.54, 1.807) is 13.0 Å². The SMILES string of the molecule is CCNS(=O)(=O)C1CCN(Cc2cccc(Cl)c2Cl)C1. The number of hydrogen-bond acceptors (Lipinski definition) is 3. The van der Waals surface area contributed by atoms with Gasteiger partial charge < -0.3 is 0 Å². The maximum atomic E-state index is 12.0. The lowest BCUT2D eigenvalue weighted by molar-refractivity contribution is 0.331. The molecule has 1 aromatic rings. The van der Waals surface area contributed by atoms with Crippen molar-refractivity contribution in [3.05, 3.63) is 33.8 Å². The van der Waals surface area contributed by atoms with Gasteiger partial charge in [0.1, 0.15) is 0 Å². The molecule has 1 aliphatic rings. The Kier molecular flexibility index (Phi) is 5.31. The van der Waals surface area contributed by atoms with E-state index < -0.39 is 10.0 Å². The fourth-order valence-corrected chi connectivity index (χ4v) is 4.27. The lowest BCUT2D eigenvalue weighted by Crippen LogP contribution is -2.36. The number of nitrogens with one attached hydrogen (secondary N) is 1. The normalized spacial score (nSPS) is 20.4. The van der Waals surface area contributed by atoms with Gasteiger partial charge in [-0.25, -0.2) is 13.1 Å². The first-order chi connectivity index (χ1) is 9.44. The molecule has 1 fully saturated rings. The summed E-state index contributed by atoms with van der Waals surface area (Å²) in [5.74, 6) is 0. The summed E-state index contributed by atoms with van der Waals surface area (Å²) < 4.78 is 26.5. The fraction of sp³-hybridized carbons (Fsp3) is 0.538. The van der Waals surface area contributed by atoms with Crippen LogP contribution in [0.1, 0.15) is 18.9 Å². The van der Waals surface area contributed by atoms with Crippen molar-refractivity contribution in [2.75, 3.05) is 19.6 Å². The van der Waals surface area contributed by atoms with E-state index in [4.69, 9.17) is 23.2 Å². The molecule has 0 bridgehead atoms. The van der Waals surface area contributed by atoms with Crippen LogP contribution < -0.4 is 4.72 Å². The van der Waals surface area contributed by atoms with Crippen LogP contribution in [0.5, 0.6) is 0 Å². The molecule has 0 aliphatic carbocycles. The van der Waals surface area contributed by atoms with Gasteiger partial charge in [-0.3, -0.25) is 4.90 Å². The summed E-state index contributed by atoms with van der Waals surface area (Å²) >= 11 is 12.1. The highest BCUT2D eigenvalue weighted by molar-refractivity contribution is 7.90. The van der Waals surface area contributed by atoms with Crippen molar-refractivity contribution in [2.45, 2.75) is 25.1 Å². The standard InChI is InChI=1S/C13H18Cl2N2O2S/c1-2-16-20(18,19)11-6-7-17(9-11)8-10-4-3-5-12(14)13(10)15/h3-5,11,16H,2,6-9H2,1H3. The summed E-state index contributed by atoms with van der Waals surface area (Å²) in [5, 5.41) is 0.729. The number of rotatable bonds is 5. The maximum Gasteiger partial charge on any atom is 0.215 e. The van der Waals surface area contributed by atoms with Crippen LogP contribution in [0.3, 0.4) is 0 Å². The van der Waals surface area contributed by atoms with Crippen molar-refractivity contribution >= 4 is 33.2 Å². The Hall–Kier alpha value is -0.330. The summed E-state index contributed by atoms with van der Waals surface area (Å²) in [5.41, 5.74) is 0.931. The van der Waals surface area contributed by atoms with Crippen LogP contribution in [0, 0.1) is 0 Å². The van der Waals surface area contributed by atoms with E-state index in [-0.39, 0.29) is 5.25 Å². The molecule has 2 rings (SSSR count). The smallest absolute Gasteiger partial charge is 0.215 e. The molecule has 1 aromatic carbocycles. The average Bonchev–Trinajstić information content (AvgIpc) is 2.84. The highest BCUT2D eigenvalue weighted by Gasteiger charge is 2.32. The van der Waals surface area contributed by atoms with Gasteiger partial charge in [-0.1, -0.05) is 42.3 Å². The quantitative estimate of drug-likeness (QED) is 0.898. The Morgan fingerprint density at radius 1 is 1.40 bits per heavy atom. The predicted octanol–water partition coefficient (Wildman–Crippen LogP) is 2.51. The molecule has 1 aliphatic heterocycles. The van der Waals surface area contributed by atoms with Gasteiger partial charge >= 0.3 is 0 Å². The summed E-state index contributed by atoms with van der Waals surface area (Å²) in [4.78, 5) is 2.09. The first-order valence-electron chi connectivity index (χ1n) is 6.57. The third kappa shape index (κ3) is 3.65. The molecule has 112 valence electrons. The van der Waals surface area contributed by atoms with Gasteiger partial charge in [-0.2, -0.15) is 0 Å². The third-order valence-electron chi connectivity index (χ3n) is 3.44. The minimum atomic E-state index is -3.20. The van der Waals surface area contributed by atoms with Crippen molar-refractivity contribution in [1.29, 1.82) is 0 Å². The molecule has 1 heterocycles. The van der Waals surface area contributed by atoms with Gasteiger partial charge in [0.2, 0.25) is 10.0 Å². The second-order valence-electron chi connectivity index (χ2n) is 4.90. The Bertz CT molecular complexity index is 578. The zero-order valence-corrected chi connectivity index (χ0v) is 13.6. The lowest BCUT2D eigenvalue weighted by Gasteiger charge is -2.17. The Morgan fingerprint density at radius 2 is 2.15 bits per heavy atom. The molecule has 7 heteroatoms. The van der Waals surface area contributed by atoms with Crippen LogP contribution in [0.2, 0.25) is 10.0 Å². The van der Waals surface area contributed by atoms with E-state index in [2.05, 4.69) is 9.62 Å².